The highest BCUT2D eigenvalue weighted by atomic mass is 32.1. The van der Waals surface area contributed by atoms with Crippen LogP contribution in [0.5, 0.6) is 0 Å². The van der Waals surface area contributed by atoms with Gasteiger partial charge >= 0.3 is 0 Å². The molecule has 1 aliphatic heterocycles. The van der Waals surface area contributed by atoms with Crippen LogP contribution in [0.15, 0.2) is 16.8 Å². The van der Waals surface area contributed by atoms with Crippen LogP contribution >= 0.6 is 11.3 Å². The maximum Gasteiger partial charge on any atom is 0.252 e. The third-order valence-electron chi connectivity index (χ3n) is 3.05. The molecule has 1 saturated heterocycles. The summed E-state index contributed by atoms with van der Waals surface area (Å²) in [7, 11) is 0. The van der Waals surface area contributed by atoms with Gasteiger partial charge < -0.3 is 16.0 Å². The molecular formula is C13H17N3O3S. The van der Waals surface area contributed by atoms with E-state index in [9.17, 15) is 14.4 Å². The van der Waals surface area contributed by atoms with E-state index < -0.39 is 0 Å². The Labute approximate surface area is 120 Å². The van der Waals surface area contributed by atoms with Gasteiger partial charge in [0.25, 0.3) is 5.91 Å². The topological polar surface area (TPSA) is 87.3 Å². The number of thiophene rings is 1. The second kappa shape index (κ2) is 7.04. The average molecular weight is 295 g/mol. The van der Waals surface area contributed by atoms with Gasteiger partial charge in [0, 0.05) is 42.9 Å². The highest BCUT2D eigenvalue weighted by Gasteiger charge is 2.19. The summed E-state index contributed by atoms with van der Waals surface area (Å²) in [5.41, 5.74) is 0.616. The fourth-order valence-electron chi connectivity index (χ4n) is 1.94. The van der Waals surface area contributed by atoms with Gasteiger partial charge in [0.1, 0.15) is 0 Å². The maximum atomic E-state index is 11.7. The summed E-state index contributed by atoms with van der Waals surface area (Å²) >= 11 is 1.46. The minimum atomic E-state index is -0.163. The van der Waals surface area contributed by atoms with Gasteiger partial charge in [-0.2, -0.15) is 11.3 Å². The third kappa shape index (κ3) is 4.34. The molecule has 108 valence electrons. The minimum absolute atomic E-state index is 0.00669. The summed E-state index contributed by atoms with van der Waals surface area (Å²) < 4.78 is 0. The fraction of sp³-hybridized carbons (Fsp3) is 0.462. The van der Waals surface area contributed by atoms with Crippen molar-refractivity contribution in [3.8, 4) is 0 Å². The summed E-state index contributed by atoms with van der Waals surface area (Å²) in [5.74, 6) is -0.251. The molecule has 7 heteroatoms. The van der Waals surface area contributed by atoms with E-state index in [2.05, 4.69) is 16.0 Å². The second-order valence-electron chi connectivity index (χ2n) is 4.63. The average Bonchev–Trinajstić information content (AvgIpc) is 2.95. The van der Waals surface area contributed by atoms with Crippen molar-refractivity contribution in [1.82, 2.24) is 16.0 Å². The molecule has 1 fully saturated rings. The molecule has 20 heavy (non-hydrogen) atoms. The van der Waals surface area contributed by atoms with Crippen LogP contribution < -0.4 is 16.0 Å². The van der Waals surface area contributed by atoms with Crippen LogP contribution in [0.1, 0.15) is 29.6 Å². The molecule has 1 aromatic rings. The normalized spacial score (nSPS) is 18.2. The molecule has 0 spiro atoms. The van der Waals surface area contributed by atoms with Gasteiger partial charge in [0.05, 0.1) is 0 Å². The van der Waals surface area contributed by atoms with E-state index >= 15 is 0 Å². The SMILES string of the molecule is O=C1CCC(NC(=O)CCNC(=O)c2ccsc2)CN1. The molecule has 3 N–H and O–H groups in total. The molecular weight excluding hydrogens is 278 g/mol. The molecule has 1 unspecified atom stereocenters. The first-order chi connectivity index (χ1) is 9.65. The number of carbonyl (C=O) groups is 3. The van der Waals surface area contributed by atoms with Crippen molar-refractivity contribution in [3.63, 3.8) is 0 Å². The first-order valence-electron chi connectivity index (χ1n) is 6.51. The lowest BCUT2D eigenvalue weighted by atomic mass is 10.1. The summed E-state index contributed by atoms with van der Waals surface area (Å²) in [6.45, 7) is 0.783. The van der Waals surface area contributed by atoms with Gasteiger partial charge in [-0.1, -0.05) is 0 Å². The van der Waals surface area contributed by atoms with E-state index in [0.717, 1.165) is 0 Å². The van der Waals surface area contributed by atoms with Gasteiger partial charge in [0.2, 0.25) is 11.8 Å². The lowest BCUT2D eigenvalue weighted by Crippen LogP contribution is -2.48. The Morgan fingerprint density at radius 2 is 2.30 bits per heavy atom. The molecule has 1 aliphatic rings. The Kier molecular flexibility index (Phi) is 5.11. The monoisotopic (exact) mass is 295 g/mol. The summed E-state index contributed by atoms with van der Waals surface area (Å²) in [5, 5.41) is 11.8. The molecule has 1 aromatic heterocycles. The summed E-state index contributed by atoms with van der Waals surface area (Å²) in [6.07, 6.45) is 1.35. The third-order valence-corrected chi connectivity index (χ3v) is 3.73. The first-order valence-corrected chi connectivity index (χ1v) is 7.46. The second-order valence-corrected chi connectivity index (χ2v) is 5.41. The van der Waals surface area contributed by atoms with Gasteiger partial charge in [-0.3, -0.25) is 14.4 Å². The Hall–Kier alpha value is -1.89. The van der Waals surface area contributed by atoms with Crippen molar-refractivity contribution >= 4 is 29.1 Å². The molecule has 2 rings (SSSR count). The molecule has 1 atom stereocenters. The predicted octanol–water partition coefficient (Wildman–Crippen LogP) is 0.263. The Morgan fingerprint density at radius 3 is 2.95 bits per heavy atom. The minimum Gasteiger partial charge on any atom is -0.354 e. The molecule has 2 heterocycles. The van der Waals surface area contributed by atoms with Gasteiger partial charge in [-0.15, -0.1) is 0 Å². The molecule has 0 aliphatic carbocycles. The lowest BCUT2D eigenvalue weighted by Gasteiger charge is -2.23. The van der Waals surface area contributed by atoms with Crippen molar-refractivity contribution in [1.29, 1.82) is 0 Å². The molecule has 0 bridgehead atoms. The number of piperidine rings is 1. The fourth-order valence-corrected chi connectivity index (χ4v) is 2.58. The zero-order valence-electron chi connectivity index (χ0n) is 11.0. The summed E-state index contributed by atoms with van der Waals surface area (Å²) in [4.78, 5) is 34.3. The Balaban J connectivity index is 1.63. The lowest BCUT2D eigenvalue weighted by molar-refractivity contribution is -0.125. The van der Waals surface area contributed by atoms with Crippen molar-refractivity contribution in [2.75, 3.05) is 13.1 Å². The van der Waals surface area contributed by atoms with Crippen LogP contribution in [0.3, 0.4) is 0 Å². The number of nitrogens with one attached hydrogen (secondary N) is 3. The van der Waals surface area contributed by atoms with Crippen molar-refractivity contribution in [3.05, 3.63) is 22.4 Å². The largest absolute Gasteiger partial charge is 0.354 e. The van der Waals surface area contributed by atoms with E-state index in [0.29, 0.717) is 31.5 Å². The van der Waals surface area contributed by atoms with Crippen LogP contribution in [-0.4, -0.2) is 36.9 Å². The standard InChI is InChI=1S/C13H17N3O3S/c17-11-2-1-10(7-15-11)16-12(18)3-5-14-13(19)9-4-6-20-8-9/h4,6,8,10H,1-3,5,7H2,(H,14,19)(H,15,17)(H,16,18). The van der Waals surface area contributed by atoms with Crippen LogP contribution in [0.4, 0.5) is 0 Å². The number of amides is 3. The van der Waals surface area contributed by atoms with Crippen molar-refractivity contribution < 1.29 is 14.4 Å². The maximum absolute atomic E-state index is 11.7. The quantitative estimate of drug-likeness (QED) is 0.728. The highest BCUT2D eigenvalue weighted by Crippen LogP contribution is 2.05. The summed E-state index contributed by atoms with van der Waals surface area (Å²) in [6, 6.07) is 1.73. The molecule has 3 amide bonds. The Morgan fingerprint density at radius 1 is 1.45 bits per heavy atom. The van der Waals surface area contributed by atoms with Gasteiger partial charge in [-0.25, -0.2) is 0 Å². The smallest absolute Gasteiger partial charge is 0.252 e. The molecule has 0 saturated carbocycles. The van der Waals surface area contributed by atoms with Crippen LogP contribution in [0.25, 0.3) is 0 Å². The van der Waals surface area contributed by atoms with E-state index in [1.165, 1.54) is 11.3 Å². The van der Waals surface area contributed by atoms with E-state index in [4.69, 9.17) is 0 Å². The predicted molar refractivity (Wildman–Crippen MR) is 75.4 cm³/mol. The zero-order valence-corrected chi connectivity index (χ0v) is 11.8. The van der Waals surface area contributed by atoms with Crippen LogP contribution in [0, 0.1) is 0 Å². The van der Waals surface area contributed by atoms with Crippen molar-refractivity contribution in [2.24, 2.45) is 0 Å². The van der Waals surface area contributed by atoms with E-state index in [1.807, 2.05) is 5.38 Å². The zero-order chi connectivity index (χ0) is 14.4. The van der Waals surface area contributed by atoms with E-state index in [-0.39, 0.29) is 30.2 Å². The number of hydrogen-bond acceptors (Lipinski definition) is 4. The molecule has 0 aromatic carbocycles. The number of hydrogen-bond donors (Lipinski definition) is 3. The molecule has 6 nitrogen and oxygen atoms in total. The Bertz CT molecular complexity index is 477. The number of carbonyl (C=O) groups excluding carboxylic acids is 3. The number of rotatable bonds is 5. The first kappa shape index (κ1) is 14.5. The van der Waals surface area contributed by atoms with Gasteiger partial charge in [0.15, 0.2) is 0 Å². The van der Waals surface area contributed by atoms with Crippen LogP contribution in [-0.2, 0) is 9.59 Å². The van der Waals surface area contributed by atoms with Crippen LogP contribution in [0.2, 0.25) is 0 Å². The van der Waals surface area contributed by atoms with Crippen molar-refractivity contribution in [2.45, 2.75) is 25.3 Å². The highest BCUT2D eigenvalue weighted by molar-refractivity contribution is 7.08. The molecule has 0 radical (unpaired) electrons. The van der Waals surface area contributed by atoms with Gasteiger partial charge in [-0.05, 0) is 17.9 Å². The van der Waals surface area contributed by atoms with E-state index in [1.54, 1.807) is 11.4 Å².